The summed E-state index contributed by atoms with van der Waals surface area (Å²) in [5.74, 6) is -12.2. The average Bonchev–Trinajstić information content (AvgIpc) is 3.03. The molecule has 0 unspecified atom stereocenters. The molecule has 0 atom stereocenters. The van der Waals surface area contributed by atoms with E-state index >= 15 is 0 Å². The Hall–Kier alpha value is -2.58. The smallest absolute Gasteiger partial charge is 0.356 e. The first-order chi connectivity index (χ1) is 11.6. The summed E-state index contributed by atoms with van der Waals surface area (Å²) in [6.45, 7) is 0. The Balaban J connectivity index is 2.09. The van der Waals surface area contributed by atoms with Crippen molar-refractivity contribution in [2.75, 3.05) is 0 Å². The first-order valence-corrected chi connectivity index (χ1v) is 6.83. The van der Waals surface area contributed by atoms with Crippen LogP contribution < -0.4 is 0 Å². The average molecular weight is 363 g/mol. The van der Waals surface area contributed by atoms with E-state index in [1.807, 2.05) is 0 Å². The lowest BCUT2D eigenvalue weighted by molar-refractivity contribution is -0.360. The minimum absolute atomic E-state index is 0.239. The van der Waals surface area contributed by atoms with E-state index in [0.717, 1.165) is 0 Å². The fraction of sp³-hybridized carbons (Fsp3) is 0.188. The highest BCUT2D eigenvalue weighted by Gasteiger charge is 2.74. The molecule has 0 saturated carbocycles. The van der Waals surface area contributed by atoms with Gasteiger partial charge in [0.2, 0.25) is 0 Å². The number of aromatic nitrogens is 1. The van der Waals surface area contributed by atoms with Gasteiger partial charge >= 0.3 is 18.0 Å². The number of nitrogens with zero attached hydrogens (tertiary/aromatic N) is 1. The first kappa shape index (κ1) is 17.2. The molecule has 1 heterocycles. The van der Waals surface area contributed by atoms with Crippen LogP contribution in [0.2, 0.25) is 0 Å². The number of fused-ring (bicyclic) bond motifs is 1. The zero-order valence-electron chi connectivity index (χ0n) is 12.1. The van der Waals surface area contributed by atoms with Crippen LogP contribution in [0.1, 0.15) is 5.69 Å². The maximum absolute atomic E-state index is 13.7. The van der Waals surface area contributed by atoms with Gasteiger partial charge < -0.3 is 4.52 Å². The van der Waals surface area contributed by atoms with Gasteiger partial charge in [-0.05, 0) is 10.8 Å². The van der Waals surface area contributed by atoms with E-state index in [2.05, 4.69) is 9.68 Å². The van der Waals surface area contributed by atoms with Crippen molar-refractivity contribution in [1.29, 1.82) is 0 Å². The summed E-state index contributed by atoms with van der Waals surface area (Å²) in [5.41, 5.74) is -1.55. The molecule has 0 amide bonds. The molecule has 3 aromatic rings. The SMILES string of the molecule is FC(F)(F)C(F)(F)C(F)(F)c1cc(-c2cccc3ccccc23)on1. The second-order valence-electron chi connectivity index (χ2n) is 5.25. The molecule has 0 aliphatic carbocycles. The van der Waals surface area contributed by atoms with Gasteiger partial charge in [-0.3, -0.25) is 0 Å². The predicted octanol–water partition coefficient (Wildman–Crippen LogP) is 5.78. The molecule has 0 radical (unpaired) electrons. The molecule has 9 heteroatoms. The van der Waals surface area contributed by atoms with Crippen LogP contribution in [-0.2, 0) is 5.92 Å². The lowest BCUT2D eigenvalue weighted by Gasteiger charge is -2.26. The van der Waals surface area contributed by atoms with Crippen LogP contribution in [0.15, 0.2) is 53.1 Å². The molecule has 0 aliphatic rings. The van der Waals surface area contributed by atoms with Gasteiger partial charge in [0.15, 0.2) is 11.5 Å². The molecule has 0 N–H and O–H groups in total. The van der Waals surface area contributed by atoms with Crippen molar-refractivity contribution >= 4 is 10.8 Å². The van der Waals surface area contributed by atoms with E-state index in [1.165, 1.54) is 6.07 Å². The van der Waals surface area contributed by atoms with Crippen molar-refractivity contribution in [3.63, 3.8) is 0 Å². The molecule has 3 rings (SSSR count). The van der Waals surface area contributed by atoms with Crippen LogP contribution in [0.5, 0.6) is 0 Å². The van der Waals surface area contributed by atoms with Crippen molar-refractivity contribution in [2.45, 2.75) is 18.0 Å². The van der Waals surface area contributed by atoms with Crippen molar-refractivity contribution in [2.24, 2.45) is 0 Å². The summed E-state index contributed by atoms with van der Waals surface area (Å²) in [6.07, 6.45) is -6.44. The lowest BCUT2D eigenvalue weighted by Crippen LogP contribution is -2.50. The summed E-state index contributed by atoms with van der Waals surface area (Å²) < 4.78 is 95.0. The fourth-order valence-electron chi connectivity index (χ4n) is 2.33. The molecular formula is C16H8F7NO. The Labute approximate surface area is 135 Å². The number of rotatable bonds is 3. The van der Waals surface area contributed by atoms with Gasteiger partial charge in [0, 0.05) is 11.6 Å². The normalized spacial score (nSPS) is 13.4. The van der Waals surface area contributed by atoms with E-state index in [0.29, 0.717) is 16.8 Å². The number of halogens is 7. The number of hydrogen-bond acceptors (Lipinski definition) is 2. The molecule has 0 fully saturated rings. The minimum Gasteiger partial charge on any atom is -0.356 e. The maximum Gasteiger partial charge on any atom is 0.460 e. The van der Waals surface area contributed by atoms with E-state index in [1.54, 1.807) is 36.4 Å². The topological polar surface area (TPSA) is 26.0 Å². The van der Waals surface area contributed by atoms with E-state index in [-0.39, 0.29) is 11.3 Å². The Morgan fingerprint density at radius 1 is 0.800 bits per heavy atom. The van der Waals surface area contributed by atoms with Gasteiger partial charge in [0.25, 0.3) is 0 Å². The third-order valence-electron chi connectivity index (χ3n) is 3.64. The largest absolute Gasteiger partial charge is 0.460 e. The third kappa shape index (κ3) is 2.63. The first-order valence-electron chi connectivity index (χ1n) is 6.83. The number of hydrogen-bond donors (Lipinski definition) is 0. The standard InChI is InChI=1S/C16H8F7NO/c17-14(18,15(19,20)16(21,22)23)13-8-12(25-24-13)11-7-3-5-9-4-1-2-6-10(9)11/h1-8H. The van der Waals surface area contributed by atoms with Gasteiger partial charge in [0.05, 0.1) is 0 Å². The summed E-state index contributed by atoms with van der Waals surface area (Å²) >= 11 is 0. The highest BCUT2D eigenvalue weighted by atomic mass is 19.4. The molecule has 2 nitrogen and oxygen atoms in total. The maximum atomic E-state index is 13.7. The van der Waals surface area contributed by atoms with Gasteiger partial charge in [-0.25, -0.2) is 0 Å². The Bertz CT molecular complexity index is 909. The van der Waals surface area contributed by atoms with Crippen molar-refractivity contribution in [1.82, 2.24) is 5.16 Å². The van der Waals surface area contributed by atoms with Crippen LogP contribution >= 0.6 is 0 Å². The molecule has 132 valence electrons. The van der Waals surface area contributed by atoms with Gasteiger partial charge in [-0.1, -0.05) is 47.6 Å². The van der Waals surface area contributed by atoms with Crippen molar-refractivity contribution in [3.05, 3.63) is 54.2 Å². The predicted molar refractivity (Wildman–Crippen MR) is 74.3 cm³/mol. The van der Waals surface area contributed by atoms with E-state index in [4.69, 9.17) is 0 Å². The van der Waals surface area contributed by atoms with Gasteiger partial charge in [-0.15, -0.1) is 0 Å². The van der Waals surface area contributed by atoms with E-state index in [9.17, 15) is 30.7 Å². The molecule has 0 aliphatic heterocycles. The molecule has 2 aromatic carbocycles. The van der Waals surface area contributed by atoms with Crippen LogP contribution in [0.3, 0.4) is 0 Å². The highest BCUT2D eigenvalue weighted by molar-refractivity contribution is 5.95. The molecule has 0 spiro atoms. The summed E-state index contributed by atoms with van der Waals surface area (Å²) in [6, 6.07) is 11.8. The Kier molecular flexibility index (Phi) is 3.77. The molecule has 0 bridgehead atoms. The van der Waals surface area contributed by atoms with Gasteiger partial charge in [0.1, 0.15) is 0 Å². The monoisotopic (exact) mass is 363 g/mol. The number of benzene rings is 2. The zero-order valence-corrected chi connectivity index (χ0v) is 12.1. The van der Waals surface area contributed by atoms with Crippen LogP contribution in [0.25, 0.3) is 22.1 Å². The Morgan fingerprint density at radius 2 is 1.44 bits per heavy atom. The second kappa shape index (κ2) is 5.47. The summed E-state index contributed by atoms with van der Waals surface area (Å²) in [7, 11) is 0. The molecule has 25 heavy (non-hydrogen) atoms. The number of alkyl halides is 7. The molecule has 1 aromatic heterocycles. The highest BCUT2D eigenvalue weighted by Crippen LogP contribution is 2.51. The zero-order chi connectivity index (χ0) is 18.5. The van der Waals surface area contributed by atoms with Gasteiger partial charge in [-0.2, -0.15) is 30.7 Å². The minimum atomic E-state index is -6.44. The second-order valence-corrected chi connectivity index (χ2v) is 5.25. The quantitative estimate of drug-likeness (QED) is 0.551. The van der Waals surface area contributed by atoms with Crippen LogP contribution in [0.4, 0.5) is 30.7 Å². The van der Waals surface area contributed by atoms with Crippen LogP contribution in [0, 0.1) is 0 Å². The lowest BCUT2D eigenvalue weighted by atomic mass is 10.0. The summed E-state index contributed by atoms with van der Waals surface area (Å²) in [4.78, 5) is 0. The van der Waals surface area contributed by atoms with Crippen molar-refractivity contribution < 1.29 is 35.3 Å². The molecule has 0 saturated heterocycles. The fourth-order valence-corrected chi connectivity index (χ4v) is 2.33. The van der Waals surface area contributed by atoms with Crippen molar-refractivity contribution in [3.8, 4) is 11.3 Å². The van der Waals surface area contributed by atoms with E-state index < -0.39 is 23.7 Å². The summed E-state index contributed by atoms with van der Waals surface area (Å²) in [5, 5.41) is 3.99. The molecular weight excluding hydrogens is 355 g/mol. The third-order valence-corrected chi connectivity index (χ3v) is 3.64. The van der Waals surface area contributed by atoms with Crippen LogP contribution in [-0.4, -0.2) is 17.3 Å². The Morgan fingerprint density at radius 3 is 2.12 bits per heavy atom.